The van der Waals surface area contributed by atoms with Crippen molar-refractivity contribution in [1.82, 2.24) is 0 Å². The lowest BCUT2D eigenvalue weighted by molar-refractivity contribution is -0.137. The van der Waals surface area contributed by atoms with Crippen molar-refractivity contribution in [2.24, 2.45) is 11.8 Å². The Hall–Kier alpha value is -1.03. The third-order valence-electron chi connectivity index (χ3n) is 4.54. The van der Waals surface area contributed by atoms with Gasteiger partial charge in [0.25, 0.3) is 0 Å². The molecule has 0 aromatic heterocycles. The van der Waals surface area contributed by atoms with E-state index in [1.165, 1.54) is 12.1 Å². The van der Waals surface area contributed by atoms with Crippen molar-refractivity contribution in [1.29, 1.82) is 0 Å². The number of hydrogen-bond acceptors (Lipinski definition) is 1. The number of halogens is 3. The summed E-state index contributed by atoms with van der Waals surface area (Å²) in [5.74, 6) is 0.430. The average molecular weight is 272 g/mol. The van der Waals surface area contributed by atoms with Gasteiger partial charge >= 0.3 is 6.18 Å². The molecule has 1 fully saturated rings. The molecule has 1 saturated carbocycles. The zero-order valence-electron chi connectivity index (χ0n) is 11.2. The molecule has 1 aliphatic rings. The summed E-state index contributed by atoms with van der Waals surface area (Å²) in [6.07, 6.45) is -1.75. The first-order valence-corrected chi connectivity index (χ1v) is 6.65. The lowest BCUT2D eigenvalue weighted by Crippen LogP contribution is -2.40. The smallest absolute Gasteiger partial charge is 0.385 e. The molecular weight excluding hydrogens is 253 g/mol. The van der Waals surface area contributed by atoms with Crippen LogP contribution in [-0.4, -0.2) is 5.11 Å². The average Bonchev–Trinajstić information content (AvgIpc) is 2.35. The summed E-state index contributed by atoms with van der Waals surface area (Å²) in [6.45, 7) is 4.06. The van der Waals surface area contributed by atoms with E-state index in [1.807, 2.05) is 6.92 Å². The lowest BCUT2D eigenvalue weighted by Gasteiger charge is -2.42. The molecule has 3 atom stereocenters. The maximum atomic E-state index is 12.5. The van der Waals surface area contributed by atoms with E-state index in [0.717, 1.165) is 25.0 Å². The van der Waals surface area contributed by atoms with E-state index in [2.05, 4.69) is 6.92 Å². The highest BCUT2D eigenvalue weighted by Gasteiger charge is 2.41. The minimum Gasteiger partial charge on any atom is -0.385 e. The first-order valence-electron chi connectivity index (χ1n) is 6.65. The zero-order chi connectivity index (χ0) is 14.3. The van der Waals surface area contributed by atoms with Gasteiger partial charge in [-0.2, -0.15) is 13.2 Å². The summed E-state index contributed by atoms with van der Waals surface area (Å²) >= 11 is 0. The van der Waals surface area contributed by atoms with Crippen LogP contribution in [0, 0.1) is 11.8 Å². The van der Waals surface area contributed by atoms with Crippen LogP contribution < -0.4 is 0 Å². The highest BCUT2D eigenvalue weighted by atomic mass is 19.4. The van der Waals surface area contributed by atoms with Gasteiger partial charge < -0.3 is 5.11 Å². The van der Waals surface area contributed by atoms with Gasteiger partial charge in [0.05, 0.1) is 11.2 Å². The van der Waals surface area contributed by atoms with Crippen LogP contribution in [0.4, 0.5) is 13.2 Å². The van der Waals surface area contributed by atoms with E-state index in [0.29, 0.717) is 17.9 Å². The largest absolute Gasteiger partial charge is 0.416 e. The Morgan fingerprint density at radius 1 is 1.16 bits per heavy atom. The monoisotopic (exact) mass is 272 g/mol. The van der Waals surface area contributed by atoms with Gasteiger partial charge in [0.2, 0.25) is 0 Å². The number of aliphatic hydroxyl groups is 1. The number of hydrogen-bond donors (Lipinski definition) is 1. The maximum absolute atomic E-state index is 12.5. The van der Waals surface area contributed by atoms with Crippen LogP contribution in [0.5, 0.6) is 0 Å². The standard InChI is InChI=1S/C15H19F3O/c1-10-4-3-9-14(19,11(10)2)12-5-7-13(8-6-12)15(16,17)18/h5-8,10-11,19H,3-4,9H2,1-2H3. The fourth-order valence-electron chi connectivity index (χ4n) is 3.00. The molecule has 0 heterocycles. The molecule has 3 unspecified atom stereocenters. The molecule has 4 heteroatoms. The van der Waals surface area contributed by atoms with Crippen LogP contribution in [-0.2, 0) is 11.8 Å². The molecule has 0 saturated heterocycles. The van der Waals surface area contributed by atoms with Gasteiger partial charge in [0.15, 0.2) is 0 Å². The van der Waals surface area contributed by atoms with Gasteiger partial charge in [-0.1, -0.05) is 32.4 Å². The maximum Gasteiger partial charge on any atom is 0.416 e. The molecule has 1 aliphatic carbocycles. The molecule has 19 heavy (non-hydrogen) atoms. The van der Waals surface area contributed by atoms with E-state index in [9.17, 15) is 18.3 Å². The Morgan fingerprint density at radius 3 is 2.26 bits per heavy atom. The van der Waals surface area contributed by atoms with Crippen LogP contribution in [0.1, 0.15) is 44.2 Å². The van der Waals surface area contributed by atoms with Gasteiger partial charge in [-0.3, -0.25) is 0 Å². The quantitative estimate of drug-likeness (QED) is 0.806. The van der Waals surface area contributed by atoms with Crippen LogP contribution in [0.2, 0.25) is 0 Å². The molecule has 1 nitrogen and oxygen atoms in total. The topological polar surface area (TPSA) is 20.2 Å². The first kappa shape index (κ1) is 14.4. The molecule has 0 bridgehead atoms. The Labute approximate surface area is 111 Å². The summed E-state index contributed by atoms with van der Waals surface area (Å²) in [5, 5.41) is 10.8. The summed E-state index contributed by atoms with van der Waals surface area (Å²) in [4.78, 5) is 0. The normalized spacial score (nSPS) is 32.3. The van der Waals surface area contributed by atoms with Crippen molar-refractivity contribution >= 4 is 0 Å². The third kappa shape index (κ3) is 2.64. The molecule has 2 rings (SSSR count). The lowest BCUT2D eigenvalue weighted by atomic mass is 9.67. The van der Waals surface area contributed by atoms with Gasteiger partial charge in [-0.15, -0.1) is 0 Å². The van der Waals surface area contributed by atoms with Crippen LogP contribution in [0.3, 0.4) is 0 Å². The van der Waals surface area contributed by atoms with Gasteiger partial charge in [-0.05, 0) is 42.4 Å². The van der Waals surface area contributed by atoms with E-state index < -0.39 is 17.3 Å². The van der Waals surface area contributed by atoms with E-state index in [4.69, 9.17) is 0 Å². The van der Waals surface area contributed by atoms with E-state index >= 15 is 0 Å². The second-order valence-corrected chi connectivity index (χ2v) is 5.66. The highest BCUT2D eigenvalue weighted by Crippen LogP contribution is 2.44. The highest BCUT2D eigenvalue weighted by molar-refractivity contribution is 5.29. The van der Waals surface area contributed by atoms with E-state index in [1.54, 1.807) is 0 Å². The molecule has 1 aromatic rings. The predicted molar refractivity (Wildman–Crippen MR) is 67.5 cm³/mol. The fraction of sp³-hybridized carbons (Fsp3) is 0.600. The number of alkyl halides is 3. The summed E-state index contributed by atoms with van der Waals surface area (Å²) in [5.41, 5.74) is -1.07. The Kier molecular flexibility index (Phi) is 3.65. The summed E-state index contributed by atoms with van der Waals surface area (Å²) in [7, 11) is 0. The second kappa shape index (κ2) is 4.82. The molecule has 0 amide bonds. The number of rotatable bonds is 1. The molecular formula is C15H19F3O. The number of benzene rings is 1. The second-order valence-electron chi connectivity index (χ2n) is 5.66. The SMILES string of the molecule is CC1CCCC(O)(c2ccc(C(F)(F)F)cc2)C1C. The van der Waals surface area contributed by atoms with Crippen molar-refractivity contribution in [3.8, 4) is 0 Å². The molecule has 1 aromatic carbocycles. The molecule has 0 spiro atoms. The molecule has 1 N–H and O–H groups in total. The van der Waals surface area contributed by atoms with Crippen molar-refractivity contribution in [3.05, 3.63) is 35.4 Å². The van der Waals surface area contributed by atoms with Gasteiger partial charge in [-0.25, -0.2) is 0 Å². The fourth-order valence-corrected chi connectivity index (χ4v) is 3.00. The van der Waals surface area contributed by atoms with E-state index in [-0.39, 0.29) is 5.92 Å². The van der Waals surface area contributed by atoms with Crippen LogP contribution >= 0.6 is 0 Å². The van der Waals surface area contributed by atoms with Crippen LogP contribution in [0.15, 0.2) is 24.3 Å². The summed E-state index contributed by atoms with van der Waals surface area (Å²) < 4.78 is 37.6. The minimum absolute atomic E-state index is 0.0537. The van der Waals surface area contributed by atoms with Crippen molar-refractivity contribution in [3.63, 3.8) is 0 Å². The Balaban J connectivity index is 2.31. The molecule has 106 valence electrons. The molecule has 0 radical (unpaired) electrons. The summed E-state index contributed by atoms with van der Waals surface area (Å²) in [6, 6.07) is 4.94. The van der Waals surface area contributed by atoms with Crippen molar-refractivity contribution < 1.29 is 18.3 Å². The minimum atomic E-state index is -4.33. The molecule has 0 aliphatic heterocycles. The van der Waals surface area contributed by atoms with Crippen molar-refractivity contribution in [2.45, 2.75) is 44.9 Å². The van der Waals surface area contributed by atoms with Gasteiger partial charge in [0, 0.05) is 0 Å². The first-order chi connectivity index (χ1) is 8.75. The van der Waals surface area contributed by atoms with Crippen molar-refractivity contribution in [2.75, 3.05) is 0 Å². The zero-order valence-corrected chi connectivity index (χ0v) is 11.2. The van der Waals surface area contributed by atoms with Gasteiger partial charge in [0.1, 0.15) is 0 Å². The Morgan fingerprint density at radius 2 is 1.74 bits per heavy atom. The Bertz CT molecular complexity index is 438. The predicted octanol–water partition coefficient (Wildman–Crippen LogP) is 4.35. The third-order valence-corrected chi connectivity index (χ3v) is 4.54. The van der Waals surface area contributed by atoms with Crippen LogP contribution in [0.25, 0.3) is 0 Å².